The van der Waals surface area contributed by atoms with Crippen LogP contribution in [0.3, 0.4) is 0 Å². The monoisotopic (exact) mass is 346 g/mol. The zero-order chi connectivity index (χ0) is 18.2. The van der Waals surface area contributed by atoms with Crippen molar-refractivity contribution in [1.29, 1.82) is 0 Å². The molecule has 0 amide bonds. The Balaban J connectivity index is 1.75. The molecule has 0 unspecified atom stereocenters. The van der Waals surface area contributed by atoms with Gasteiger partial charge in [0.25, 0.3) is 0 Å². The summed E-state index contributed by atoms with van der Waals surface area (Å²) < 4.78 is 45.0. The molecule has 1 fully saturated rings. The van der Waals surface area contributed by atoms with Crippen molar-refractivity contribution in [2.24, 2.45) is 0 Å². The molecule has 0 aromatic heterocycles. The first-order valence-corrected chi connectivity index (χ1v) is 8.21. The Hall–Kier alpha value is -1.92. The van der Waals surface area contributed by atoms with Gasteiger partial charge < -0.3 is 14.0 Å². The highest BCUT2D eigenvalue weighted by atomic mass is 19.1. The first-order valence-electron chi connectivity index (χ1n) is 8.21. The first kappa shape index (κ1) is 17.9. The summed E-state index contributed by atoms with van der Waals surface area (Å²) in [6.45, 7) is 7.73. The Morgan fingerprint density at radius 2 is 1.48 bits per heavy atom. The normalized spacial score (nSPS) is 18.4. The molecule has 0 radical (unpaired) electrons. The van der Waals surface area contributed by atoms with Crippen LogP contribution in [0.25, 0.3) is 0 Å². The van der Waals surface area contributed by atoms with Crippen molar-refractivity contribution in [3.63, 3.8) is 0 Å². The van der Waals surface area contributed by atoms with Crippen molar-refractivity contribution < 1.29 is 22.8 Å². The fourth-order valence-corrected chi connectivity index (χ4v) is 2.56. The second-order valence-corrected chi connectivity index (χ2v) is 7.15. The minimum absolute atomic E-state index is 0.0939. The van der Waals surface area contributed by atoms with Crippen LogP contribution < -0.4 is 10.2 Å². The topological polar surface area (TPSA) is 27.7 Å². The van der Waals surface area contributed by atoms with Crippen LogP contribution in [0.4, 0.5) is 8.78 Å². The van der Waals surface area contributed by atoms with E-state index in [1.54, 1.807) is 18.2 Å². The number of ether oxygens (including phenoxy) is 1. The summed E-state index contributed by atoms with van der Waals surface area (Å²) in [7, 11) is -0.515. The van der Waals surface area contributed by atoms with E-state index in [0.717, 1.165) is 5.46 Å². The van der Waals surface area contributed by atoms with E-state index in [2.05, 4.69) is 0 Å². The molecule has 0 bridgehead atoms. The van der Waals surface area contributed by atoms with Gasteiger partial charge in [-0.25, -0.2) is 8.78 Å². The Morgan fingerprint density at radius 1 is 0.920 bits per heavy atom. The molecule has 0 aliphatic carbocycles. The summed E-state index contributed by atoms with van der Waals surface area (Å²) in [6, 6.07) is 10.9. The van der Waals surface area contributed by atoms with Gasteiger partial charge in [-0.3, -0.25) is 0 Å². The molecular weight excluding hydrogens is 325 g/mol. The highest BCUT2D eigenvalue weighted by Crippen LogP contribution is 2.36. The van der Waals surface area contributed by atoms with Gasteiger partial charge >= 0.3 is 7.12 Å². The summed E-state index contributed by atoms with van der Waals surface area (Å²) >= 11 is 0. The van der Waals surface area contributed by atoms with Crippen molar-refractivity contribution in [3.05, 3.63) is 59.7 Å². The standard InChI is InChI=1S/C19H21BF2O3/c1-18(2)19(3,4)25-20(24-18)13-7-5-8-14(11-13)23-12-15-16(21)9-6-10-17(15)22/h5-11H,12H2,1-4H3. The SMILES string of the molecule is CC1(C)OB(c2cccc(OCc3c(F)cccc3F)c2)OC1(C)C. The molecule has 1 saturated heterocycles. The zero-order valence-corrected chi connectivity index (χ0v) is 14.8. The lowest BCUT2D eigenvalue weighted by atomic mass is 9.79. The van der Waals surface area contributed by atoms with Crippen LogP contribution in [0.1, 0.15) is 33.3 Å². The molecule has 3 rings (SSSR count). The van der Waals surface area contributed by atoms with E-state index < -0.39 is 30.0 Å². The van der Waals surface area contributed by atoms with Crippen LogP contribution in [0.15, 0.2) is 42.5 Å². The van der Waals surface area contributed by atoms with Gasteiger partial charge in [-0.05, 0) is 57.4 Å². The van der Waals surface area contributed by atoms with Crippen molar-refractivity contribution in [2.45, 2.75) is 45.5 Å². The summed E-state index contributed by atoms with van der Waals surface area (Å²) in [5.41, 5.74) is -0.177. The van der Waals surface area contributed by atoms with Gasteiger partial charge in [0.1, 0.15) is 24.0 Å². The second-order valence-electron chi connectivity index (χ2n) is 7.15. The molecule has 25 heavy (non-hydrogen) atoms. The highest BCUT2D eigenvalue weighted by molar-refractivity contribution is 6.62. The number of hydrogen-bond donors (Lipinski definition) is 0. The van der Waals surface area contributed by atoms with Crippen LogP contribution in [0, 0.1) is 11.6 Å². The predicted molar refractivity (Wildman–Crippen MR) is 92.8 cm³/mol. The Labute approximate surface area is 147 Å². The molecule has 6 heteroatoms. The highest BCUT2D eigenvalue weighted by Gasteiger charge is 2.51. The van der Waals surface area contributed by atoms with E-state index >= 15 is 0 Å². The molecule has 2 aromatic carbocycles. The van der Waals surface area contributed by atoms with Crippen LogP contribution in [-0.2, 0) is 15.9 Å². The van der Waals surface area contributed by atoms with Gasteiger partial charge in [-0.2, -0.15) is 0 Å². The average Bonchev–Trinajstić information content (AvgIpc) is 2.75. The van der Waals surface area contributed by atoms with Crippen molar-refractivity contribution in [2.75, 3.05) is 0 Å². The third-order valence-electron chi connectivity index (χ3n) is 4.83. The molecular formula is C19H21BF2O3. The molecule has 1 aliphatic heterocycles. The molecule has 0 N–H and O–H groups in total. The van der Waals surface area contributed by atoms with Crippen molar-refractivity contribution in [1.82, 2.24) is 0 Å². The maximum atomic E-state index is 13.7. The predicted octanol–water partition coefficient (Wildman–Crippen LogP) is 3.84. The fourth-order valence-electron chi connectivity index (χ4n) is 2.56. The Bertz CT molecular complexity index is 741. The third kappa shape index (κ3) is 3.55. The molecule has 1 heterocycles. The number of benzene rings is 2. The third-order valence-corrected chi connectivity index (χ3v) is 4.83. The molecule has 0 saturated carbocycles. The van der Waals surface area contributed by atoms with Crippen molar-refractivity contribution >= 4 is 12.6 Å². The van der Waals surface area contributed by atoms with Gasteiger partial charge in [0, 0.05) is 0 Å². The van der Waals surface area contributed by atoms with E-state index in [1.807, 2.05) is 33.8 Å². The van der Waals surface area contributed by atoms with E-state index in [9.17, 15) is 8.78 Å². The lowest BCUT2D eigenvalue weighted by Crippen LogP contribution is -2.41. The van der Waals surface area contributed by atoms with E-state index in [-0.39, 0.29) is 12.2 Å². The summed E-state index contributed by atoms with van der Waals surface area (Å²) in [4.78, 5) is 0. The molecule has 1 aliphatic rings. The quantitative estimate of drug-likeness (QED) is 0.788. The second kappa shape index (κ2) is 6.43. The van der Waals surface area contributed by atoms with Gasteiger partial charge in [-0.1, -0.05) is 18.2 Å². The number of rotatable bonds is 4. The molecule has 0 spiro atoms. The average molecular weight is 346 g/mol. The zero-order valence-electron chi connectivity index (χ0n) is 14.8. The van der Waals surface area contributed by atoms with Gasteiger partial charge in [0.05, 0.1) is 16.8 Å². The maximum absolute atomic E-state index is 13.7. The molecule has 2 aromatic rings. The Kier molecular flexibility index (Phi) is 4.60. The van der Waals surface area contributed by atoms with Gasteiger partial charge in [0.15, 0.2) is 0 Å². The smallest absolute Gasteiger partial charge is 0.489 e. The lowest BCUT2D eigenvalue weighted by molar-refractivity contribution is 0.00578. The lowest BCUT2D eigenvalue weighted by Gasteiger charge is -2.32. The van der Waals surface area contributed by atoms with Crippen LogP contribution in [0.5, 0.6) is 5.75 Å². The minimum Gasteiger partial charge on any atom is -0.489 e. The molecule has 3 nitrogen and oxygen atoms in total. The van der Waals surface area contributed by atoms with Crippen LogP contribution in [0.2, 0.25) is 0 Å². The molecule has 132 valence electrons. The van der Waals surface area contributed by atoms with Crippen LogP contribution in [-0.4, -0.2) is 18.3 Å². The summed E-state index contributed by atoms with van der Waals surface area (Å²) in [5, 5.41) is 0. The van der Waals surface area contributed by atoms with Crippen molar-refractivity contribution in [3.8, 4) is 5.75 Å². The first-order chi connectivity index (χ1) is 11.7. The maximum Gasteiger partial charge on any atom is 0.494 e. The minimum atomic E-state index is -0.623. The van der Waals surface area contributed by atoms with E-state index in [1.165, 1.54) is 18.2 Å². The fraction of sp³-hybridized carbons (Fsp3) is 0.368. The van der Waals surface area contributed by atoms with Gasteiger partial charge in [0.2, 0.25) is 0 Å². The Morgan fingerprint density at radius 3 is 2.08 bits per heavy atom. The molecule has 0 atom stereocenters. The van der Waals surface area contributed by atoms with Crippen LogP contribution >= 0.6 is 0 Å². The van der Waals surface area contributed by atoms with E-state index in [0.29, 0.717) is 5.75 Å². The summed E-state index contributed by atoms with van der Waals surface area (Å²) in [6.07, 6.45) is 0. The summed E-state index contributed by atoms with van der Waals surface area (Å²) in [5.74, 6) is -0.751. The number of hydrogen-bond acceptors (Lipinski definition) is 3. The largest absolute Gasteiger partial charge is 0.494 e. The van der Waals surface area contributed by atoms with E-state index in [4.69, 9.17) is 14.0 Å². The van der Waals surface area contributed by atoms with Gasteiger partial charge in [-0.15, -0.1) is 0 Å². The number of halogens is 2.